The number of fused-ring (bicyclic) bond motifs is 12. The molecule has 0 bridgehead atoms. The van der Waals surface area contributed by atoms with Crippen molar-refractivity contribution in [2.75, 3.05) is 0 Å². The van der Waals surface area contributed by atoms with E-state index in [-0.39, 0.29) is 10.8 Å². The van der Waals surface area contributed by atoms with Crippen LogP contribution in [0.2, 0.25) is 0 Å². The summed E-state index contributed by atoms with van der Waals surface area (Å²) in [6, 6.07) is 46.0. The molecule has 0 spiro atoms. The maximum atomic E-state index is 2.51. The van der Waals surface area contributed by atoms with Gasteiger partial charge in [-0.3, -0.25) is 0 Å². The molecule has 2 aromatic heterocycles. The van der Waals surface area contributed by atoms with E-state index in [1.54, 1.807) is 0 Å². The van der Waals surface area contributed by atoms with E-state index in [4.69, 9.17) is 0 Å². The Morgan fingerprint density at radius 3 is 1.78 bits per heavy atom. The molecule has 2 unspecified atom stereocenters. The monoisotopic (exact) mass is 642 g/mol. The fourth-order valence-electron chi connectivity index (χ4n) is 10.1. The van der Waals surface area contributed by atoms with E-state index < -0.39 is 0 Å². The highest BCUT2D eigenvalue weighted by atomic mass is 15.0. The highest BCUT2D eigenvalue weighted by Gasteiger charge is 2.45. The van der Waals surface area contributed by atoms with Crippen LogP contribution in [0.3, 0.4) is 0 Å². The summed E-state index contributed by atoms with van der Waals surface area (Å²) in [6.45, 7) is 9.61. The summed E-state index contributed by atoms with van der Waals surface area (Å²) in [5.41, 5.74) is 15.8. The molecule has 240 valence electrons. The predicted molar refractivity (Wildman–Crippen MR) is 210 cm³/mol. The van der Waals surface area contributed by atoms with E-state index in [1.165, 1.54) is 88.4 Å². The molecule has 50 heavy (non-hydrogen) atoms. The van der Waals surface area contributed by atoms with Gasteiger partial charge in [-0.25, -0.2) is 0 Å². The standard InChI is InChI=1S/C48H38N2/c1-47(2)39-20-9-5-16-31(39)35-25-37-33-18-7-11-22-43(33)49(45(37)27-41(35)47)29-14-13-15-30(24-29)50-44-23-12-8-19-34(44)38-26-36-32-17-6-10-21-40(32)48(3,4)42(36)28-46(38)50/h5-28,31,39H,1-4H3. The van der Waals surface area contributed by atoms with Crippen LogP contribution in [0, 0.1) is 5.92 Å². The molecule has 11 rings (SSSR count). The van der Waals surface area contributed by atoms with Crippen LogP contribution in [0.15, 0.2) is 146 Å². The van der Waals surface area contributed by atoms with Gasteiger partial charge in [0.2, 0.25) is 0 Å². The van der Waals surface area contributed by atoms with Gasteiger partial charge in [0, 0.05) is 44.3 Å². The van der Waals surface area contributed by atoms with Gasteiger partial charge in [-0.2, -0.15) is 0 Å². The highest BCUT2D eigenvalue weighted by Crippen LogP contribution is 2.55. The van der Waals surface area contributed by atoms with Gasteiger partial charge in [0.05, 0.1) is 22.1 Å². The summed E-state index contributed by atoms with van der Waals surface area (Å²) in [7, 11) is 0. The number of benzene rings is 6. The third-order valence-electron chi connectivity index (χ3n) is 12.6. The van der Waals surface area contributed by atoms with Crippen molar-refractivity contribution in [1.82, 2.24) is 9.13 Å². The van der Waals surface area contributed by atoms with Gasteiger partial charge in [0.1, 0.15) is 0 Å². The number of aromatic nitrogens is 2. The smallest absolute Gasteiger partial charge is 0.0544 e. The SMILES string of the molecule is CC1(C)c2ccccc2-c2cc3c4ccccc4n(-c4cccc(-n5c6ccccc6c6cc7c(cc65)C(C)(C)C5C=CC=CC75)c4)c3cc21. The highest BCUT2D eigenvalue weighted by molar-refractivity contribution is 6.12. The lowest BCUT2D eigenvalue weighted by Gasteiger charge is -2.29. The first-order valence-electron chi connectivity index (χ1n) is 18.0. The number of allylic oxidation sites excluding steroid dienone is 4. The van der Waals surface area contributed by atoms with E-state index in [2.05, 4.69) is 182 Å². The molecule has 0 radical (unpaired) electrons. The van der Waals surface area contributed by atoms with Crippen LogP contribution in [0.5, 0.6) is 0 Å². The second kappa shape index (κ2) is 9.55. The largest absolute Gasteiger partial charge is 0.309 e. The molecule has 0 amide bonds. The zero-order valence-electron chi connectivity index (χ0n) is 28.9. The van der Waals surface area contributed by atoms with Crippen molar-refractivity contribution in [1.29, 1.82) is 0 Å². The fraction of sp³-hybridized carbons (Fsp3) is 0.167. The van der Waals surface area contributed by atoms with Gasteiger partial charge in [-0.1, -0.05) is 119 Å². The van der Waals surface area contributed by atoms with E-state index in [9.17, 15) is 0 Å². The lowest BCUT2D eigenvalue weighted by molar-refractivity contribution is 0.394. The Kier molecular flexibility index (Phi) is 5.40. The van der Waals surface area contributed by atoms with E-state index in [1.807, 2.05) is 0 Å². The molecule has 2 atom stereocenters. The molecule has 0 saturated heterocycles. The van der Waals surface area contributed by atoms with Gasteiger partial charge in [0.15, 0.2) is 0 Å². The summed E-state index contributed by atoms with van der Waals surface area (Å²) in [6.07, 6.45) is 9.30. The maximum Gasteiger partial charge on any atom is 0.0544 e. The first-order chi connectivity index (χ1) is 24.3. The van der Waals surface area contributed by atoms with Crippen LogP contribution in [0.4, 0.5) is 0 Å². The molecule has 2 nitrogen and oxygen atoms in total. The number of nitrogens with zero attached hydrogens (tertiary/aromatic N) is 2. The van der Waals surface area contributed by atoms with Crippen molar-refractivity contribution in [3.8, 4) is 22.5 Å². The van der Waals surface area contributed by atoms with Crippen LogP contribution < -0.4 is 0 Å². The Bertz CT molecular complexity index is 2830. The first kappa shape index (κ1) is 28.3. The third-order valence-corrected chi connectivity index (χ3v) is 12.6. The molecule has 0 fully saturated rings. The van der Waals surface area contributed by atoms with Gasteiger partial charge >= 0.3 is 0 Å². The summed E-state index contributed by atoms with van der Waals surface area (Å²) in [5, 5.41) is 5.23. The van der Waals surface area contributed by atoms with Gasteiger partial charge in [-0.15, -0.1) is 0 Å². The first-order valence-corrected chi connectivity index (χ1v) is 18.0. The number of hydrogen-bond donors (Lipinski definition) is 0. The van der Waals surface area contributed by atoms with E-state index in [0.29, 0.717) is 11.8 Å². The minimum Gasteiger partial charge on any atom is -0.309 e. The van der Waals surface area contributed by atoms with Crippen molar-refractivity contribution in [2.24, 2.45) is 5.92 Å². The average Bonchev–Trinajstić information content (AvgIpc) is 3.79. The average molecular weight is 643 g/mol. The zero-order valence-corrected chi connectivity index (χ0v) is 28.9. The Labute approximate surface area is 292 Å². The number of rotatable bonds is 2. The Hall–Kier alpha value is -5.60. The quantitative estimate of drug-likeness (QED) is 0.178. The topological polar surface area (TPSA) is 9.86 Å². The summed E-state index contributed by atoms with van der Waals surface area (Å²) in [5.74, 6) is 0.904. The van der Waals surface area contributed by atoms with Gasteiger partial charge in [0.25, 0.3) is 0 Å². The van der Waals surface area contributed by atoms with E-state index >= 15 is 0 Å². The van der Waals surface area contributed by atoms with Crippen molar-refractivity contribution in [3.63, 3.8) is 0 Å². The fourth-order valence-corrected chi connectivity index (χ4v) is 10.1. The van der Waals surface area contributed by atoms with E-state index in [0.717, 1.165) is 0 Å². The van der Waals surface area contributed by atoms with Crippen LogP contribution in [-0.2, 0) is 10.8 Å². The molecule has 6 aromatic carbocycles. The minimum absolute atomic E-state index is 0.0508. The summed E-state index contributed by atoms with van der Waals surface area (Å²) < 4.78 is 5.00. The van der Waals surface area contributed by atoms with Crippen molar-refractivity contribution in [3.05, 3.63) is 168 Å². The second-order valence-corrected chi connectivity index (χ2v) is 15.8. The lowest BCUT2D eigenvalue weighted by Crippen LogP contribution is -2.24. The minimum atomic E-state index is -0.0661. The molecule has 3 aliphatic carbocycles. The molecule has 0 aliphatic heterocycles. The second-order valence-electron chi connectivity index (χ2n) is 15.8. The van der Waals surface area contributed by atoms with Crippen molar-refractivity contribution < 1.29 is 0 Å². The Morgan fingerprint density at radius 2 is 1.06 bits per heavy atom. The predicted octanol–water partition coefficient (Wildman–Crippen LogP) is 12.3. The molecule has 2 heteroatoms. The third kappa shape index (κ3) is 3.49. The number of hydrogen-bond acceptors (Lipinski definition) is 0. The normalized spacial score (nSPS) is 19.4. The molecule has 0 saturated carbocycles. The van der Waals surface area contributed by atoms with Gasteiger partial charge < -0.3 is 9.13 Å². The van der Waals surface area contributed by atoms with Crippen LogP contribution in [0.1, 0.15) is 55.9 Å². The lowest BCUT2D eigenvalue weighted by atomic mass is 9.74. The van der Waals surface area contributed by atoms with Crippen LogP contribution in [-0.4, -0.2) is 9.13 Å². The molecule has 8 aromatic rings. The van der Waals surface area contributed by atoms with Crippen molar-refractivity contribution >= 4 is 43.6 Å². The van der Waals surface area contributed by atoms with Crippen molar-refractivity contribution in [2.45, 2.75) is 44.4 Å². The molecular formula is C48H38N2. The summed E-state index contributed by atoms with van der Waals surface area (Å²) in [4.78, 5) is 0. The maximum absolute atomic E-state index is 2.51. The molecular weight excluding hydrogens is 605 g/mol. The van der Waals surface area contributed by atoms with Gasteiger partial charge in [-0.05, 0) is 99.3 Å². The molecule has 2 heterocycles. The van der Waals surface area contributed by atoms with Crippen LogP contribution in [0.25, 0.3) is 66.1 Å². The Balaban J connectivity index is 1.16. The summed E-state index contributed by atoms with van der Waals surface area (Å²) >= 11 is 0. The zero-order chi connectivity index (χ0) is 33.5. The van der Waals surface area contributed by atoms with Crippen LogP contribution >= 0.6 is 0 Å². The molecule has 3 aliphatic rings. The Morgan fingerprint density at radius 1 is 0.460 bits per heavy atom. The molecule has 0 N–H and O–H groups in total. The number of para-hydroxylation sites is 2.